The number of amides is 1. The van der Waals surface area contributed by atoms with E-state index in [9.17, 15) is 14.9 Å². The van der Waals surface area contributed by atoms with Crippen molar-refractivity contribution in [1.29, 1.82) is 5.26 Å². The summed E-state index contributed by atoms with van der Waals surface area (Å²) in [6.07, 6.45) is 0. The molecule has 1 aromatic rings. The minimum Gasteiger partial charge on any atom is -0.343 e. The number of nitro groups is 1. The SMILES string of the molecule is CN(C)C(=O)c1ccc([N+](=O)[O-])c(C#N)n1. The van der Waals surface area contributed by atoms with E-state index >= 15 is 0 Å². The van der Waals surface area contributed by atoms with Crippen molar-refractivity contribution < 1.29 is 9.72 Å². The molecule has 0 aromatic carbocycles. The maximum Gasteiger partial charge on any atom is 0.305 e. The normalized spacial score (nSPS) is 9.31. The third-order valence-corrected chi connectivity index (χ3v) is 1.80. The van der Waals surface area contributed by atoms with Gasteiger partial charge < -0.3 is 4.90 Å². The summed E-state index contributed by atoms with van der Waals surface area (Å²) in [5.41, 5.74) is -0.761. The molecule has 0 aliphatic rings. The molecule has 0 spiro atoms. The van der Waals surface area contributed by atoms with Gasteiger partial charge in [-0.1, -0.05) is 0 Å². The molecule has 0 unspecified atom stereocenters. The van der Waals surface area contributed by atoms with Crippen molar-refractivity contribution in [1.82, 2.24) is 9.88 Å². The monoisotopic (exact) mass is 220 g/mol. The van der Waals surface area contributed by atoms with E-state index in [-0.39, 0.29) is 11.4 Å². The van der Waals surface area contributed by atoms with Crippen LogP contribution in [0.4, 0.5) is 5.69 Å². The van der Waals surface area contributed by atoms with Gasteiger partial charge >= 0.3 is 5.69 Å². The topological polar surface area (TPSA) is 100 Å². The zero-order chi connectivity index (χ0) is 12.3. The molecule has 1 aromatic heterocycles. The van der Waals surface area contributed by atoms with Crippen LogP contribution in [0.15, 0.2) is 12.1 Å². The Morgan fingerprint density at radius 3 is 2.62 bits per heavy atom. The van der Waals surface area contributed by atoms with Crippen LogP contribution >= 0.6 is 0 Å². The number of pyridine rings is 1. The van der Waals surface area contributed by atoms with Crippen molar-refractivity contribution in [2.45, 2.75) is 0 Å². The van der Waals surface area contributed by atoms with E-state index in [0.717, 1.165) is 6.07 Å². The molecule has 0 atom stereocenters. The average Bonchev–Trinajstić information content (AvgIpc) is 2.26. The van der Waals surface area contributed by atoms with Crippen LogP contribution in [0, 0.1) is 21.4 Å². The molecular formula is C9H8N4O3. The Balaban J connectivity index is 3.26. The lowest BCUT2D eigenvalue weighted by Gasteiger charge is -2.08. The number of aromatic nitrogens is 1. The summed E-state index contributed by atoms with van der Waals surface area (Å²) < 4.78 is 0. The second-order valence-electron chi connectivity index (χ2n) is 3.13. The lowest BCUT2D eigenvalue weighted by Crippen LogP contribution is -2.23. The molecule has 7 heteroatoms. The molecule has 7 nitrogen and oxygen atoms in total. The third-order valence-electron chi connectivity index (χ3n) is 1.80. The van der Waals surface area contributed by atoms with Crippen molar-refractivity contribution >= 4 is 11.6 Å². The van der Waals surface area contributed by atoms with Gasteiger partial charge in [-0.15, -0.1) is 0 Å². The van der Waals surface area contributed by atoms with E-state index < -0.39 is 16.5 Å². The molecule has 82 valence electrons. The Kier molecular flexibility index (Phi) is 3.15. The highest BCUT2D eigenvalue weighted by atomic mass is 16.6. The molecule has 0 bridgehead atoms. The van der Waals surface area contributed by atoms with E-state index in [2.05, 4.69) is 4.98 Å². The van der Waals surface area contributed by atoms with Gasteiger partial charge in [0, 0.05) is 20.2 Å². The number of nitrogens with zero attached hydrogens (tertiary/aromatic N) is 4. The quantitative estimate of drug-likeness (QED) is 0.535. The first-order chi connectivity index (χ1) is 7.47. The Bertz CT molecular complexity index is 490. The molecule has 16 heavy (non-hydrogen) atoms. The molecular weight excluding hydrogens is 212 g/mol. The van der Waals surface area contributed by atoms with Gasteiger partial charge in [0.05, 0.1) is 4.92 Å². The second-order valence-corrected chi connectivity index (χ2v) is 3.13. The number of carbonyl (C=O) groups is 1. The maximum atomic E-state index is 11.5. The standard InChI is InChI=1S/C9H8N4O3/c1-12(2)9(14)6-3-4-8(13(15)16)7(5-10)11-6/h3-4H,1-2H3. The van der Waals surface area contributed by atoms with Gasteiger partial charge in [-0.3, -0.25) is 14.9 Å². The molecule has 1 amide bonds. The summed E-state index contributed by atoms with van der Waals surface area (Å²) in [6, 6.07) is 3.91. The number of rotatable bonds is 2. The zero-order valence-electron chi connectivity index (χ0n) is 8.67. The Labute approximate surface area is 91.1 Å². The van der Waals surface area contributed by atoms with Crippen molar-refractivity contribution in [3.63, 3.8) is 0 Å². The summed E-state index contributed by atoms with van der Waals surface area (Å²) in [6.45, 7) is 0. The highest BCUT2D eigenvalue weighted by molar-refractivity contribution is 5.92. The third kappa shape index (κ3) is 2.12. The van der Waals surface area contributed by atoms with E-state index in [1.165, 1.54) is 25.1 Å². The van der Waals surface area contributed by atoms with Crippen LogP contribution in [0.5, 0.6) is 0 Å². The van der Waals surface area contributed by atoms with Crippen LogP contribution in [0.3, 0.4) is 0 Å². The smallest absolute Gasteiger partial charge is 0.305 e. The van der Waals surface area contributed by atoms with Crippen molar-refractivity contribution in [2.24, 2.45) is 0 Å². The minimum atomic E-state index is -0.713. The van der Waals surface area contributed by atoms with E-state index in [1.807, 2.05) is 0 Å². The first-order valence-corrected chi connectivity index (χ1v) is 4.24. The van der Waals surface area contributed by atoms with Gasteiger partial charge in [-0.05, 0) is 6.07 Å². The number of hydrogen-bond donors (Lipinski definition) is 0. The van der Waals surface area contributed by atoms with Gasteiger partial charge in [-0.25, -0.2) is 4.98 Å². The van der Waals surface area contributed by atoms with E-state index in [4.69, 9.17) is 5.26 Å². The molecule has 0 N–H and O–H groups in total. The highest BCUT2D eigenvalue weighted by Gasteiger charge is 2.18. The van der Waals surface area contributed by atoms with Crippen LogP contribution in [0.1, 0.15) is 16.2 Å². The lowest BCUT2D eigenvalue weighted by molar-refractivity contribution is -0.385. The first-order valence-electron chi connectivity index (χ1n) is 4.24. The van der Waals surface area contributed by atoms with Crippen LogP contribution in [-0.4, -0.2) is 34.8 Å². The Morgan fingerprint density at radius 1 is 1.56 bits per heavy atom. The largest absolute Gasteiger partial charge is 0.343 e. The molecule has 0 fully saturated rings. The first kappa shape index (κ1) is 11.6. The average molecular weight is 220 g/mol. The van der Waals surface area contributed by atoms with Crippen LogP contribution in [-0.2, 0) is 0 Å². The van der Waals surface area contributed by atoms with Crippen molar-refractivity contribution in [3.05, 3.63) is 33.6 Å². The zero-order valence-corrected chi connectivity index (χ0v) is 8.67. The Hall–Kier alpha value is -2.49. The number of hydrogen-bond acceptors (Lipinski definition) is 5. The predicted octanol–water partition coefficient (Wildman–Crippen LogP) is 0.563. The maximum absolute atomic E-state index is 11.5. The lowest BCUT2D eigenvalue weighted by atomic mass is 10.2. The molecule has 0 saturated carbocycles. The molecule has 0 radical (unpaired) electrons. The molecule has 1 rings (SSSR count). The van der Waals surface area contributed by atoms with Crippen LogP contribution in [0.2, 0.25) is 0 Å². The van der Waals surface area contributed by atoms with Gasteiger partial charge in [0.15, 0.2) is 0 Å². The molecule has 0 aliphatic heterocycles. The summed E-state index contributed by atoms with van der Waals surface area (Å²) >= 11 is 0. The van der Waals surface area contributed by atoms with Gasteiger partial charge in [0.1, 0.15) is 11.8 Å². The van der Waals surface area contributed by atoms with E-state index in [1.54, 1.807) is 6.07 Å². The van der Waals surface area contributed by atoms with Crippen LogP contribution < -0.4 is 0 Å². The van der Waals surface area contributed by atoms with E-state index in [0.29, 0.717) is 0 Å². The fraction of sp³-hybridized carbons (Fsp3) is 0.222. The van der Waals surface area contributed by atoms with Crippen LogP contribution in [0.25, 0.3) is 0 Å². The molecule has 0 aliphatic carbocycles. The minimum absolute atomic E-state index is 0.00662. The number of nitriles is 1. The Morgan fingerprint density at radius 2 is 2.19 bits per heavy atom. The fourth-order valence-electron chi connectivity index (χ4n) is 1.03. The van der Waals surface area contributed by atoms with Gasteiger partial charge in [-0.2, -0.15) is 5.26 Å². The fourth-order valence-corrected chi connectivity index (χ4v) is 1.03. The molecule has 1 heterocycles. The van der Waals surface area contributed by atoms with Gasteiger partial charge in [0.2, 0.25) is 5.69 Å². The second kappa shape index (κ2) is 4.35. The summed E-state index contributed by atoms with van der Waals surface area (Å²) in [5.74, 6) is -0.411. The molecule has 0 saturated heterocycles. The summed E-state index contributed by atoms with van der Waals surface area (Å²) in [7, 11) is 3.05. The highest BCUT2D eigenvalue weighted by Crippen LogP contribution is 2.16. The predicted molar refractivity (Wildman–Crippen MR) is 53.6 cm³/mol. The van der Waals surface area contributed by atoms with Crippen molar-refractivity contribution in [2.75, 3.05) is 14.1 Å². The summed E-state index contributed by atoms with van der Waals surface area (Å²) in [4.78, 5) is 26.2. The number of carbonyl (C=O) groups excluding carboxylic acids is 1. The van der Waals surface area contributed by atoms with Crippen molar-refractivity contribution in [3.8, 4) is 6.07 Å². The summed E-state index contributed by atoms with van der Waals surface area (Å²) in [5, 5.41) is 19.2. The van der Waals surface area contributed by atoms with Gasteiger partial charge in [0.25, 0.3) is 5.91 Å².